The predicted molar refractivity (Wildman–Crippen MR) is 82.4 cm³/mol. The number of benzene rings is 2. The van der Waals surface area contributed by atoms with E-state index in [0.717, 1.165) is 0 Å². The Morgan fingerprint density at radius 1 is 1.14 bits per heavy atom. The Labute approximate surface area is 131 Å². The summed E-state index contributed by atoms with van der Waals surface area (Å²) in [6.45, 7) is 0. The minimum absolute atomic E-state index is 0.328. The minimum Gasteiger partial charge on any atom is -0.465 e. The van der Waals surface area contributed by atoms with Gasteiger partial charge in [-0.1, -0.05) is 40.6 Å². The van der Waals surface area contributed by atoms with Gasteiger partial charge in [0.1, 0.15) is 5.69 Å². The van der Waals surface area contributed by atoms with E-state index >= 15 is 0 Å². The van der Waals surface area contributed by atoms with Gasteiger partial charge in [0.15, 0.2) is 0 Å². The Morgan fingerprint density at radius 3 is 2.48 bits per heavy atom. The summed E-state index contributed by atoms with van der Waals surface area (Å²) in [5.41, 5.74) is 4.01. The number of hydrogen-bond acceptors (Lipinski definition) is 4. The SMILES string of the molecule is COC(=O)c1ccccc1N=NNc1cc(Cl)cc(Cl)c1. The molecular weight excluding hydrogens is 313 g/mol. The van der Waals surface area contributed by atoms with Crippen molar-refractivity contribution in [3.05, 3.63) is 58.1 Å². The van der Waals surface area contributed by atoms with Crippen LogP contribution in [0.3, 0.4) is 0 Å². The van der Waals surface area contributed by atoms with Crippen molar-refractivity contribution in [3.63, 3.8) is 0 Å². The van der Waals surface area contributed by atoms with Crippen LogP contribution in [0.2, 0.25) is 10.0 Å². The topological polar surface area (TPSA) is 63.0 Å². The van der Waals surface area contributed by atoms with Gasteiger partial charge in [-0.15, -0.1) is 5.11 Å². The third-order valence-electron chi connectivity index (χ3n) is 2.51. The van der Waals surface area contributed by atoms with Gasteiger partial charge in [-0.25, -0.2) is 4.79 Å². The molecule has 0 unspecified atom stereocenters. The highest BCUT2D eigenvalue weighted by molar-refractivity contribution is 6.35. The van der Waals surface area contributed by atoms with Crippen LogP contribution in [-0.4, -0.2) is 13.1 Å². The van der Waals surface area contributed by atoms with Crippen LogP contribution >= 0.6 is 23.2 Å². The first-order valence-corrected chi connectivity index (χ1v) is 6.66. The standard InChI is InChI=1S/C14H11Cl2N3O2/c1-21-14(20)12-4-2-3-5-13(12)18-19-17-11-7-9(15)6-10(16)8-11/h2-8H,1H3,(H,17,18). The lowest BCUT2D eigenvalue weighted by Crippen LogP contribution is -2.01. The van der Waals surface area contributed by atoms with Gasteiger partial charge in [-0.2, -0.15) is 0 Å². The number of ether oxygens (including phenoxy) is 1. The molecule has 108 valence electrons. The van der Waals surface area contributed by atoms with Crippen molar-refractivity contribution in [2.24, 2.45) is 10.3 Å². The summed E-state index contributed by atoms with van der Waals surface area (Å²) in [5, 5.41) is 8.74. The van der Waals surface area contributed by atoms with Crippen molar-refractivity contribution >= 4 is 40.5 Å². The fourth-order valence-electron chi connectivity index (χ4n) is 1.60. The number of carbonyl (C=O) groups excluding carboxylic acids is 1. The summed E-state index contributed by atoms with van der Waals surface area (Å²) in [6.07, 6.45) is 0. The maximum absolute atomic E-state index is 11.6. The van der Waals surface area contributed by atoms with Crippen molar-refractivity contribution in [1.82, 2.24) is 0 Å². The van der Waals surface area contributed by atoms with Crippen LogP contribution in [0.1, 0.15) is 10.4 Å². The smallest absolute Gasteiger partial charge is 0.340 e. The quantitative estimate of drug-likeness (QED) is 0.495. The van der Waals surface area contributed by atoms with Gasteiger partial charge >= 0.3 is 5.97 Å². The van der Waals surface area contributed by atoms with Crippen molar-refractivity contribution < 1.29 is 9.53 Å². The predicted octanol–water partition coefficient (Wildman–Crippen LogP) is 4.89. The summed E-state index contributed by atoms with van der Waals surface area (Å²) in [4.78, 5) is 11.6. The van der Waals surface area contributed by atoms with Crippen LogP contribution in [0.5, 0.6) is 0 Å². The molecule has 0 aromatic heterocycles. The van der Waals surface area contributed by atoms with Gasteiger partial charge in [0.25, 0.3) is 0 Å². The lowest BCUT2D eigenvalue weighted by atomic mass is 10.2. The second kappa shape index (κ2) is 7.06. The molecule has 0 saturated heterocycles. The molecule has 0 fully saturated rings. The van der Waals surface area contributed by atoms with Gasteiger partial charge in [0, 0.05) is 10.0 Å². The number of anilines is 1. The van der Waals surface area contributed by atoms with E-state index in [4.69, 9.17) is 23.2 Å². The van der Waals surface area contributed by atoms with Gasteiger partial charge in [-0.3, -0.25) is 5.43 Å². The molecule has 0 saturated carbocycles. The number of hydrogen-bond donors (Lipinski definition) is 1. The lowest BCUT2D eigenvalue weighted by molar-refractivity contribution is 0.0601. The van der Waals surface area contributed by atoms with E-state index in [2.05, 4.69) is 20.5 Å². The second-order valence-corrected chi connectivity index (χ2v) is 4.85. The highest BCUT2D eigenvalue weighted by atomic mass is 35.5. The third-order valence-corrected chi connectivity index (χ3v) is 2.95. The maximum Gasteiger partial charge on any atom is 0.340 e. The lowest BCUT2D eigenvalue weighted by Gasteiger charge is -2.03. The number of halogens is 2. The van der Waals surface area contributed by atoms with E-state index < -0.39 is 5.97 Å². The molecule has 2 aromatic carbocycles. The number of nitrogens with zero attached hydrogens (tertiary/aromatic N) is 2. The largest absolute Gasteiger partial charge is 0.465 e. The molecule has 7 heteroatoms. The molecule has 0 aliphatic carbocycles. The van der Waals surface area contributed by atoms with Crippen molar-refractivity contribution in [2.45, 2.75) is 0 Å². The molecule has 0 heterocycles. The molecule has 0 aliphatic heterocycles. The van der Waals surface area contributed by atoms with Crippen LogP contribution in [0.4, 0.5) is 11.4 Å². The van der Waals surface area contributed by atoms with Crippen molar-refractivity contribution in [3.8, 4) is 0 Å². The number of esters is 1. The van der Waals surface area contributed by atoms with Gasteiger partial charge in [-0.05, 0) is 30.3 Å². The molecule has 0 radical (unpaired) electrons. The Kier molecular flexibility index (Phi) is 5.14. The summed E-state index contributed by atoms with van der Waals surface area (Å²) in [7, 11) is 1.31. The zero-order valence-electron chi connectivity index (χ0n) is 11.0. The molecule has 0 aliphatic rings. The average Bonchev–Trinajstić information content (AvgIpc) is 2.46. The summed E-state index contributed by atoms with van der Waals surface area (Å²) in [6, 6.07) is 11.6. The minimum atomic E-state index is -0.477. The van der Waals surface area contributed by atoms with Gasteiger partial charge < -0.3 is 4.74 Å². The van der Waals surface area contributed by atoms with E-state index in [0.29, 0.717) is 27.0 Å². The zero-order chi connectivity index (χ0) is 15.2. The first kappa shape index (κ1) is 15.3. The third kappa shape index (κ3) is 4.18. The van der Waals surface area contributed by atoms with E-state index in [1.165, 1.54) is 7.11 Å². The molecule has 1 N–H and O–H groups in total. The molecule has 0 atom stereocenters. The Balaban J connectivity index is 2.16. The summed E-state index contributed by atoms with van der Waals surface area (Å²) in [5.74, 6) is -0.477. The number of nitrogens with one attached hydrogen (secondary N) is 1. The highest BCUT2D eigenvalue weighted by Gasteiger charge is 2.10. The summed E-state index contributed by atoms with van der Waals surface area (Å²) < 4.78 is 4.68. The molecule has 5 nitrogen and oxygen atoms in total. The molecular formula is C14H11Cl2N3O2. The van der Waals surface area contributed by atoms with Crippen LogP contribution < -0.4 is 5.43 Å². The Bertz CT molecular complexity index is 669. The monoisotopic (exact) mass is 323 g/mol. The maximum atomic E-state index is 11.6. The summed E-state index contributed by atoms with van der Waals surface area (Å²) >= 11 is 11.7. The van der Waals surface area contributed by atoms with Gasteiger partial charge in [0.2, 0.25) is 0 Å². The first-order valence-electron chi connectivity index (χ1n) is 5.90. The van der Waals surface area contributed by atoms with E-state index in [9.17, 15) is 4.79 Å². The average molecular weight is 324 g/mol. The number of rotatable bonds is 4. The highest BCUT2D eigenvalue weighted by Crippen LogP contribution is 2.23. The van der Waals surface area contributed by atoms with Crippen LogP contribution in [0.25, 0.3) is 0 Å². The molecule has 0 amide bonds. The van der Waals surface area contributed by atoms with Crippen LogP contribution in [-0.2, 0) is 4.74 Å². The van der Waals surface area contributed by atoms with Crippen LogP contribution in [0, 0.1) is 0 Å². The number of carbonyl (C=O) groups is 1. The van der Waals surface area contributed by atoms with E-state index in [1.807, 2.05) is 0 Å². The molecule has 0 bridgehead atoms. The fourth-order valence-corrected chi connectivity index (χ4v) is 2.12. The molecule has 21 heavy (non-hydrogen) atoms. The Hall–Kier alpha value is -2.11. The normalized spacial score (nSPS) is 10.6. The molecule has 0 spiro atoms. The van der Waals surface area contributed by atoms with Gasteiger partial charge in [0.05, 0.1) is 18.4 Å². The van der Waals surface area contributed by atoms with Crippen molar-refractivity contribution in [1.29, 1.82) is 0 Å². The van der Waals surface area contributed by atoms with Crippen molar-refractivity contribution in [2.75, 3.05) is 12.5 Å². The second-order valence-electron chi connectivity index (χ2n) is 3.98. The fraction of sp³-hybridized carbons (Fsp3) is 0.0714. The van der Waals surface area contributed by atoms with Crippen LogP contribution in [0.15, 0.2) is 52.8 Å². The molecule has 2 aromatic rings. The first-order chi connectivity index (χ1) is 10.1. The van der Waals surface area contributed by atoms with E-state index in [-0.39, 0.29) is 0 Å². The number of methoxy groups -OCH3 is 1. The zero-order valence-corrected chi connectivity index (χ0v) is 12.5. The molecule has 2 rings (SSSR count). The van der Waals surface area contributed by atoms with E-state index in [1.54, 1.807) is 42.5 Å². The Morgan fingerprint density at radius 2 is 1.81 bits per heavy atom.